The van der Waals surface area contributed by atoms with Crippen LogP contribution < -0.4 is 15.4 Å². The van der Waals surface area contributed by atoms with Crippen molar-refractivity contribution in [2.45, 2.75) is 38.3 Å². The van der Waals surface area contributed by atoms with Crippen molar-refractivity contribution in [2.24, 2.45) is 4.99 Å². The minimum Gasteiger partial charge on any atom is -0.497 e. The van der Waals surface area contributed by atoms with Crippen LogP contribution in [0.5, 0.6) is 5.75 Å². The van der Waals surface area contributed by atoms with Crippen LogP contribution in [0.4, 0.5) is 0 Å². The Morgan fingerprint density at radius 2 is 2.07 bits per heavy atom. The van der Waals surface area contributed by atoms with Gasteiger partial charge in [0.1, 0.15) is 5.75 Å². The van der Waals surface area contributed by atoms with E-state index < -0.39 is 6.10 Å². The van der Waals surface area contributed by atoms with Crippen LogP contribution in [0, 0.1) is 0 Å². The number of rotatable bonds is 10. The molecule has 1 atom stereocenters. The SMILES string of the molecule is CCNC(=NCC(O)c1cccc(OC)c1)NC1CCN(CCCOC)CC1.I. The van der Waals surface area contributed by atoms with Gasteiger partial charge in [-0.3, -0.25) is 4.99 Å². The molecule has 2 rings (SSSR count). The zero-order valence-electron chi connectivity index (χ0n) is 17.9. The van der Waals surface area contributed by atoms with Gasteiger partial charge in [-0.15, -0.1) is 24.0 Å². The number of aliphatic hydroxyl groups excluding tert-OH is 1. The van der Waals surface area contributed by atoms with Crippen molar-refractivity contribution in [2.75, 3.05) is 53.6 Å². The lowest BCUT2D eigenvalue weighted by atomic mass is 10.1. The number of hydrogen-bond donors (Lipinski definition) is 3. The summed E-state index contributed by atoms with van der Waals surface area (Å²) in [5.41, 5.74) is 0.809. The Bertz CT molecular complexity index is 595. The highest BCUT2D eigenvalue weighted by atomic mass is 127. The molecule has 1 aromatic rings. The first-order valence-corrected chi connectivity index (χ1v) is 10.2. The molecule has 3 N–H and O–H groups in total. The van der Waals surface area contributed by atoms with Crippen LogP contribution in [0.25, 0.3) is 0 Å². The van der Waals surface area contributed by atoms with Crippen LogP contribution >= 0.6 is 24.0 Å². The minimum atomic E-state index is -0.659. The van der Waals surface area contributed by atoms with E-state index in [1.54, 1.807) is 14.2 Å². The number of aliphatic hydroxyl groups is 1. The fourth-order valence-corrected chi connectivity index (χ4v) is 3.38. The number of hydrogen-bond acceptors (Lipinski definition) is 5. The molecule has 0 bridgehead atoms. The monoisotopic (exact) mass is 520 g/mol. The topological polar surface area (TPSA) is 78.4 Å². The maximum Gasteiger partial charge on any atom is 0.191 e. The lowest BCUT2D eigenvalue weighted by molar-refractivity contribution is 0.155. The predicted octanol–water partition coefficient (Wildman–Crippen LogP) is 2.40. The highest BCUT2D eigenvalue weighted by molar-refractivity contribution is 14.0. The summed E-state index contributed by atoms with van der Waals surface area (Å²) in [7, 11) is 3.38. The molecule has 0 saturated carbocycles. The molecule has 1 aliphatic heterocycles. The van der Waals surface area contributed by atoms with Gasteiger partial charge in [-0.1, -0.05) is 12.1 Å². The number of guanidine groups is 1. The van der Waals surface area contributed by atoms with Gasteiger partial charge in [0.15, 0.2) is 5.96 Å². The zero-order valence-corrected chi connectivity index (χ0v) is 20.2. The van der Waals surface area contributed by atoms with E-state index in [4.69, 9.17) is 9.47 Å². The number of ether oxygens (including phenoxy) is 2. The Morgan fingerprint density at radius 1 is 1.31 bits per heavy atom. The van der Waals surface area contributed by atoms with Gasteiger partial charge in [0.25, 0.3) is 0 Å². The number of benzene rings is 1. The molecule has 1 saturated heterocycles. The molecule has 0 aromatic heterocycles. The van der Waals surface area contributed by atoms with Crippen molar-refractivity contribution in [3.63, 3.8) is 0 Å². The summed E-state index contributed by atoms with van der Waals surface area (Å²) < 4.78 is 10.4. The van der Waals surface area contributed by atoms with E-state index in [0.29, 0.717) is 12.6 Å². The molecule has 1 heterocycles. The second-order valence-corrected chi connectivity index (χ2v) is 7.12. The van der Waals surface area contributed by atoms with Crippen molar-refractivity contribution in [3.8, 4) is 5.75 Å². The molecule has 166 valence electrons. The van der Waals surface area contributed by atoms with Gasteiger partial charge < -0.3 is 30.1 Å². The van der Waals surface area contributed by atoms with E-state index >= 15 is 0 Å². The normalized spacial score (nSPS) is 16.8. The van der Waals surface area contributed by atoms with Gasteiger partial charge >= 0.3 is 0 Å². The van der Waals surface area contributed by atoms with E-state index in [9.17, 15) is 5.11 Å². The van der Waals surface area contributed by atoms with Crippen molar-refractivity contribution in [1.29, 1.82) is 0 Å². The van der Waals surface area contributed by atoms with Crippen LogP contribution in [-0.4, -0.2) is 75.6 Å². The molecule has 0 amide bonds. The van der Waals surface area contributed by atoms with Crippen molar-refractivity contribution in [1.82, 2.24) is 15.5 Å². The molecule has 0 aliphatic carbocycles. The van der Waals surface area contributed by atoms with Gasteiger partial charge in [0.2, 0.25) is 0 Å². The highest BCUT2D eigenvalue weighted by Crippen LogP contribution is 2.19. The number of nitrogens with one attached hydrogen (secondary N) is 2. The van der Waals surface area contributed by atoms with Crippen molar-refractivity contribution >= 4 is 29.9 Å². The number of methoxy groups -OCH3 is 2. The summed E-state index contributed by atoms with van der Waals surface area (Å²) in [6, 6.07) is 7.89. The smallest absolute Gasteiger partial charge is 0.191 e. The fourth-order valence-electron chi connectivity index (χ4n) is 3.38. The Morgan fingerprint density at radius 3 is 2.72 bits per heavy atom. The third-order valence-electron chi connectivity index (χ3n) is 5.00. The Labute approximate surface area is 192 Å². The zero-order chi connectivity index (χ0) is 20.2. The quantitative estimate of drug-likeness (QED) is 0.191. The van der Waals surface area contributed by atoms with Gasteiger partial charge in [-0.25, -0.2) is 0 Å². The fraction of sp³-hybridized carbons (Fsp3) is 0.667. The molecule has 0 radical (unpaired) electrons. The largest absolute Gasteiger partial charge is 0.497 e. The Hall–Kier alpha value is -1.10. The lowest BCUT2D eigenvalue weighted by Gasteiger charge is -2.33. The first-order valence-electron chi connectivity index (χ1n) is 10.2. The first kappa shape index (κ1) is 25.9. The van der Waals surface area contributed by atoms with Gasteiger partial charge in [0, 0.05) is 45.9 Å². The summed E-state index contributed by atoms with van der Waals surface area (Å²) in [4.78, 5) is 7.09. The molecule has 1 aliphatic rings. The Kier molecular flexibility index (Phi) is 13.2. The molecule has 1 fully saturated rings. The number of aliphatic imine (C=N–C) groups is 1. The highest BCUT2D eigenvalue weighted by Gasteiger charge is 2.19. The maximum absolute atomic E-state index is 10.5. The van der Waals surface area contributed by atoms with Crippen molar-refractivity contribution in [3.05, 3.63) is 29.8 Å². The third kappa shape index (κ3) is 9.50. The number of piperidine rings is 1. The minimum absolute atomic E-state index is 0. The van der Waals surface area contributed by atoms with Crippen molar-refractivity contribution < 1.29 is 14.6 Å². The maximum atomic E-state index is 10.5. The van der Waals surface area contributed by atoms with Gasteiger partial charge in [0.05, 0.1) is 19.8 Å². The molecule has 8 heteroatoms. The van der Waals surface area contributed by atoms with Gasteiger partial charge in [-0.2, -0.15) is 0 Å². The molecule has 1 aromatic carbocycles. The average Bonchev–Trinajstić information content (AvgIpc) is 2.73. The van der Waals surface area contributed by atoms with E-state index in [1.165, 1.54) is 0 Å². The van der Waals surface area contributed by atoms with E-state index in [-0.39, 0.29) is 24.0 Å². The number of likely N-dealkylation sites (tertiary alicyclic amines) is 1. The standard InChI is InChI=1S/C21H36N4O3.HI/c1-4-22-21(23-16-20(26)17-7-5-8-19(15-17)28-3)24-18-9-12-25(13-10-18)11-6-14-27-2;/h5,7-8,15,18,20,26H,4,6,9-14,16H2,1-3H3,(H2,22,23,24);1H. The molecular weight excluding hydrogens is 483 g/mol. The first-order chi connectivity index (χ1) is 13.7. The van der Waals surface area contributed by atoms with E-state index in [2.05, 4.69) is 20.5 Å². The van der Waals surface area contributed by atoms with Crippen LogP contribution in [0.15, 0.2) is 29.3 Å². The predicted molar refractivity (Wildman–Crippen MR) is 128 cm³/mol. The molecule has 29 heavy (non-hydrogen) atoms. The number of nitrogens with zero attached hydrogens (tertiary/aromatic N) is 2. The Balaban J connectivity index is 0.00000420. The summed E-state index contributed by atoms with van der Waals surface area (Å²) in [5.74, 6) is 1.50. The molecule has 1 unspecified atom stereocenters. The third-order valence-corrected chi connectivity index (χ3v) is 5.00. The van der Waals surface area contributed by atoms with Gasteiger partial charge in [-0.05, 0) is 43.9 Å². The molecule has 7 nitrogen and oxygen atoms in total. The van der Waals surface area contributed by atoms with E-state index in [0.717, 1.165) is 69.3 Å². The van der Waals surface area contributed by atoms with E-state index in [1.807, 2.05) is 31.2 Å². The summed E-state index contributed by atoms with van der Waals surface area (Å²) in [5, 5.41) is 17.3. The van der Waals surface area contributed by atoms with Crippen LogP contribution in [0.1, 0.15) is 37.9 Å². The van der Waals surface area contributed by atoms with Crippen LogP contribution in [-0.2, 0) is 4.74 Å². The lowest BCUT2D eigenvalue weighted by Crippen LogP contribution is -2.49. The van der Waals surface area contributed by atoms with Crippen LogP contribution in [0.2, 0.25) is 0 Å². The summed E-state index contributed by atoms with van der Waals surface area (Å²) >= 11 is 0. The number of halogens is 1. The molecular formula is C21H37IN4O3. The second kappa shape index (κ2) is 14.8. The average molecular weight is 520 g/mol. The summed E-state index contributed by atoms with van der Waals surface area (Å²) in [6.45, 7) is 7.25. The van der Waals surface area contributed by atoms with Crippen LogP contribution in [0.3, 0.4) is 0 Å². The second-order valence-electron chi connectivity index (χ2n) is 7.12. The molecule has 0 spiro atoms. The summed E-state index contributed by atoms with van der Waals surface area (Å²) in [6.07, 6.45) is 2.61.